The number of carboxylic acids is 2. The third-order valence-corrected chi connectivity index (χ3v) is 4.91. The first kappa shape index (κ1) is 32.6. The fourth-order valence-electron chi connectivity index (χ4n) is 2.93. The fraction of sp³-hybridized carbons (Fsp3) is 0.500. The van der Waals surface area contributed by atoms with Crippen LogP contribution in [0.3, 0.4) is 0 Å². The molecule has 0 unspecified atom stereocenters. The topological polar surface area (TPSA) is 238 Å². The van der Waals surface area contributed by atoms with Crippen LogP contribution in [0.1, 0.15) is 31.2 Å². The summed E-state index contributed by atoms with van der Waals surface area (Å²) >= 11 is 5.19. The number of hydrogen-bond donors (Lipinski definition) is 6. The number of benzene rings is 1. The molecule has 13 nitrogen and oxygen atoms in total. The second-order valence-corrected chi connectivity index (χ2v) is 7.82. The first-order chi connectivity index (χ1) is 17.0. The van der Waals surface area contributed by atoms with Gasteiger partial charge in [0.1, 0.15) is 18.1 Å². The van der Waals surface area contributed by atoms with E-state index in [1.165, 1.54) is 4.90 Å². The van der Waals surface area contributed by atoms with E-state index in [9.17, 15) is 19.2 Å². The molecule has 1 aliphatic rings. The van der Waals surface area contributed by atoms with Crippen molar-refractivity contribution in [1.82, 2.24) is 4.90 Å². The molecule has 2 rings (SSSR count). The number of amides is 1. The van der Waals surface area contributed by atoms with E-state index in [2.05, 4.69) is 9.73 Å². The van der Waals surface area contributed by atoms with E-state index in [-0.39, 0.29) is 12.0 Å². The van der Waals surface area contributed by atoms with Crippen LogP contribution in [0.2, 0.25) is 0 Å². The quantitative estimate of drug-likeness (QED) is 0.0529. The number of guanidine groups is 1. The number of nitrogens with zero attached hydrogens (tertiary/aromatic N) is 2. The van der Waals surface area contributed by atoms with Gasteiger partial charge in [0.25, 0.3) is 0 Å². The third-order valence-electron chi connectivity index (χ3n) is 4.80. The lowest BCUT2D eigenvalue weighted by Gasteiger charge is -2.14. The number of hydrogen-bond acceptors (Lipinski definition) is 8. The highest BCUT2D eigenvalue weighted by Gasteiger charge is 2.28. The summed E-state index contributed by atoms with van der Waals surface area (Å²) in [7, 11) is 0. The predicted molar refractivity (Wildman–Crippen MR) is 134 cm³/mol. The summed E-state index contributed by atoms with van der Waals surface area (Å²) < 4.78 is 4.50. The number of carbonyl (C=O) groups is 4. The molecular formula is C22H35ClN6O7. The van der Waals surface area contributed by atoms with Crippen LogP contribution in [0.4, 0.5) is 0 Å². The molecule has 1 fully saturated rings. The number of nitrogens with two attached hydrogens (primary N) is 4. The summed E-state index contributed by atoms with van der Waals surface area (Å²) in [6, 6.07) is 7.13. The molecule has 0 saturated carbocycles. The summed E-state index contributed by atoms with van der Waals surface area (Å²) in [5.74, 6) is -2.34. The Morgan fingerprint density at radius 3 is 2.28 bits per heavy atom. The summed E-state index contributed by atoms with van der Waals surface area (Å²) in [6.45, 7) is 1.03. The summed E-state index contributed by atoms with van der Waals surface area (Å²) in [5.41, 5.74) is 22.0. The fourth-order valence-corrected chi connectivity index (χ4v) is 3.04. The number of aliphatic imine (C=N–C) groups is 1. The van der Waals surface area contributed by atoms with E-state index in [1.54, 1.807) is 0 Å². The summed E-state index contributed by atoms with van der Waals surface area (Å²) in [6.07, 6.45) is 3.47. The van der Waals surface area contributed by atoms with Crippen molar-refractivity contribution in [3.05, 3.63) is 35.9 Å². The van der Waals surface area contributed by atoms with Gasteiger partial charge < -0.3 is 42.8 Å². The van der Waals surface area contributed by atoms with E-state index in [0.29, 0.717) is 45.2 Å². The second kappa shape index (κ2) is 18.9. The molecule has 36 heavy (non-hydrogen) atoms. The Balaban J connectivity index is 0.000000516. The maximum Gasteiger partial charge on any atom is 0.326 e. The largest absolute Gasteiger partial charge is 0.480 e. The van der Waals surface area contributed by atoms with Gasteiger partial charge in [-0.3, -0.25) is 19.4 Å². The van der Waals surface area contributed by atoms with Gasteiger partial charge in [-0.15, -0.1) is 0 Å². The molecule has 202 valence electrons. The van der Waals surface area contributed by atoms with Gasteiger partial charge in [-0.2, -0.15) is 0 Å². The van der Waals surface area contributed by atoms with Crippen LogP contribution in [-0.4, -0.2) is 82.7 Å². The molecule has 0 spiro atoms. The van der Waals surface area contributed by atoms with Gasteiger partial charge >= 0.3 is 17.9 Å². The van der Waals surface area contributed by atoms with Gasteiger partial charge in [0, 0.05) is 13.1 Å². The van der Waals surface area contributed by atoms with Crippen LogP contribution < -0.4 is 22.9 Å². The van der Waals surface area contributed by atoms with Crippen molar-refractivity contribution in [1.29, 1.82) is 0 Å². The Hall–Kier alpha value is -3.42. The Kier molecular flexibility index (Phi) is 17.1. The second-order valence-electron chi connectivity index (χ2n) is 7.60. The number of carboxylic acid groups (broad SMARTS) is 2. The smallest absolute Gasteiger partial charge is 0.326 e. The zero-order chi connectivity index (χ0) is 27.5. The molecule has 10 N–H and O–H groups in total. The standard InChI is InChI=1S/C9H11NO2.C7H15ClN4O2.C6H9NO3/c10-8(9(11)12)6-7-4-2-1-3-5-7;8-4-14-6(13)5(9)2-1-3-12-7(10)11;8-4-7-3-1-2-5(7)6(9)10/h1-5,8H,6,10H2,(H,11,12);5H,1-4,9H2,(H4,10,11,12);4-5H,1-3H2,(H,9,10)/t8-;2*5-/m100/s1. The van der Waals surface area contributed by atoms with Gasteiger partial charge in [0.05, 0.1) is 0 Å². The number of likely N-dealkylation sites (tertiary alicyclic amines) is 1. The average Bonchev–Trinajstić information content (AvgIpc) is 3.32. The zero-order valence-electron chi connectivity index (χ0n) is 19.9. The predicted octanol–water partition coefficient (Wildman–Crippen LogP) is -0.560. The van der Waals surface area contributed by atoms with Crippen LogP contribution in [0.5, 0.6) is 0 Å². The van der Waals surface area contributed by atoms with Crippen molar-refractivity contribution in [2.75, 3.05) is 19.2 Å². The highest BCUT2D eigenvalue weighted by Crippen LogP contribution is 2.14. The maximum absolute atomic E-state index is 11.0. The van der Waals surface area contributed by atoms with Gasteiger partial charge in [-0.05, 0) is 37.7 Å². The Bertz CT molecular complexity index is 839. The van der Waals surface area contributed by atoms with E-state index in [4.69, 9.17) is 44.7 Å². The van der Waals surface area contributed by atoms with E-state index in [0.717, 1.165) is 12.0 Å². The monoisotopic (exact) mass is 530 g/mol. The third kappa shape index (κ3) is 14.8. The minimum atomic E-state index is -0.959. The van der Waals surface area contributed by atoms with Gasteiger partial charge in [0.15, 0.2) is 12.0 Å². The van der Waals surface area contributed by atoms with E-state index < -0.39 is 36.0 Å². The number of ether oxygens (including phenoxy) is 1. The molecular weight excluding hydrogens is 496 g/mol. The molecule has 1 aromatic rings. The van der Waals surface area contributed by atoms with Crippen LogP contribution in [0, 0.1) is 0 Å². The van der Waals surface area contributed by atoms with Gasteiger partial charge in [-0.25, -0.2) is 4.79 Å². The molecule has 1 amide bonds. The molecule has 1 aromatic carbocycles. The molecule has 0 bridgehead atoms. The molecule has 1 heterocycles. The lowest BCUT2D eigenvalue weighted by molar-refractivity contribution is -0.144. The minimum Gasteiger partial charge on any atom is -0.480 e. The number of carbonyl (C=O) groups excluding carboxylic acids is 2. The Morgan fingerprint density at radius 1 is 1.17 bits per heavy atom. The SMILES string of the molecule is NC(N)=NCCC[C@H](N)C(=O)OCCl.N[C@H](Cc1ccccc1)C(=O)O.O=CN1CCC[C@H]1C(=O)O. The minimum absolute atomic E-state index is 0.0295. The van der Waals surface area contributed by atoms with Crippen LogP contribution in [0.15, 0.2) is 35.3 Å². The van der Waals surface area contributed by atoms with Crippen molar-refractivity contribution >= 4 is 41.9 Å². The van der Waals surface area contributed by atoms with Gasteiger partial charge in [-0.1, -0.05) is 41.9 Å². The van der Waals surface area contributed by atoms with Crippen LogP contribution >= 0.6 is 11.6 Å². The number of alkyl halides is 1. The molecule has 1 saturated heterocycles. The summed E-state index contributed by atoms with van der Waals surface area (Å²) in [5, 5.41) is 17.0. The van der Waals surface area contributed by atoms with E-state index in [1.807, 2.05) is 30.3 Å². The Labute approximate surface area is 214 Å². The normalized spacial score (nSPS) is 15.6. The summed E-state index contributed by atoms with van der Waals surface area (Å²) in [4.78, 5) is 46.9. The van der Waals surface area contributed by atoms with Crippen LogP contribution in [0.25, 0.3) is 0 Å². The molecule has 0 aliphatic carbocycles. The molecule has 0 radical (unpaired) electrons. The number of halogens is 1. The number of esters is 1. The van der Waals surface area contributed by atoms with Crippen molar-refractivity contribution in [3.8, 4) is 0 Å². The highest BCUT2D eigenvalue weighted by atomic mass is 35.5. The molecule has 1 aliphatic heterocycles. The molecule has 3 atom stereocenters. The Morgan fingerprint density at radius 2 is 1.81 bits per heavy atom. The number of rotatable bonds is 11. The zero-order valence-corrected chi connectivity index (χ0v) is 20.6. The average molecular weight is 531 g/mol. The lowest BCUT2D eigenvalue weighted by atomic mass is 10.1. The number of aliphatic carboxylic acids is 2. The van der Waals surface area contributed by atoms with Crippen molar-refractivity contribution in [3.63, 3.8) is 0 Å². The lowest BCUT2D eigenvalue weighted by Crippen LogP contribution is -2.34. The molecule has 14 heteroatoms. The highest BCUT2D eigenvalue weighted by molar-refractivity contribution is 6.17. The maximum atomic E-state index is 11.0. The van der Waals surface area contributed by atoms with Crippen molar-refractivity contribution in [2.45, 2.75) is 50.2 Å². The van der Waals surface area contributed by atoms with Crippen molar-refractivity contribution in [2.24, 2.45) is 27.9 Å². The van der Waals surface area contributed by atoms with E-state index >= 15 is 0 Å². The van der Waals surface area contributed by atoms with Crippen LogP contribution in [-0.2, 0) is 30.3 Å². The first-order valence-electron chi connectivity index (χ1n) is 11.0. The van der Waals surface area contributed by atoms with Crippen molar-refractivity contribution < 1.29 is 34.1 Å². The van der Waals surface area contributed by atoms with Gasteiger partial charge in [0.2, 0.25) is 6.41 Å². The first-order valence-corrected chi connectivity index (χ1v) is 11.6. The molecule has 0 aromatic heterocycles.